The highest BCUT2D eigenvalue weighted by molar-refractivity contribution is 9.11. The van der Waals surface area contributed by atoms with Crippen LogP contribution in [0.2, 0.25) is 0 Å². The maximum atomic E-state index is 12.4. The molecule has 0 spiro atoms. The van der Waals surface area contributed by atoms with Crippen molar-refractivity contribution in [2.24, 2.45) is 0 Å². The van der Waals surface area contributed by atoms with Crippen LogP contribution in [0.15, 0.2) is 15.3 Å². The Morgan fingerprint density at radius 3 is 2.54 bits per heavy atom. The number of aliphatic hydroxyl groups excluding tert-OH is 1. The number of nitrogens with zero attached hydrogens (tertiary/aromatic N) is 1. The van der Waals surface area contributed by atoms with Crippen LogP contribution >= 0.6 is 31.9 Å². The molecule has 0 saturated heterocycles. The van der Waals surface area contributed by atoms with Crippen molar-refractivity contribution in [1.82, 2.24) is 4.98 Å². The van der Waals surface area contributed by atoms with Gasteiger partial charge in [0, 0.05) is 0 Å². The van der Waals surface area contributed by atoms with E-state index in [1.165, 1.54) is 6.07 Å². The first-order chi connectivity index (χ1) is 6.06. The Morgan fingerprint density at radius 2 is 2.08 bits per heavy atom. The van der Waals surface area contributed by atoms with Gasteiger partial charge >= 0.3 is 0 Å². The van der Waals surface area contributed by atoms with Crippen LogP contribution in [0.3, 0.4) is 0 Å². The molecule has 1 heterocycles. The number of aliphatic hydroxyl groups is 1. The van der Waals surface area contributed by atoms with E-state index in [2.05, 4.69) is 36.8 Å². The number of hydrogen-bond acceptors (Lipinski definition) is 2. The van der Waals surface area contributed by atoms with Crippen molar-refractivity contribution in [3.8, 4) is 0 Å². The lowest BCUT2D eigenvalue weighted by molar-refractivity contribution is 0.145. The molecule has 0 aromatic carbocycles. The van der Waals surface area contributed by atoms with Crippen molar-refractivity contribution >= 4 is 31.9 Å². The normalized spacial score (nSPS) is 10.9. The zero-order valence-electron chi connectivity index (χ0n) is 6.27. The van der Waals surface area contributed by atoms with Gasteiger partial charge in [0.05, 0.1) is 12.2 Å². The summed E-state index contributed by atoms with van der Waals surface area (Å²) in [6.45, 7) is -0.431. The summed E-state index contributed by atoms with van der Waals surface area (Å²) in [7, 11) is 0. The van der Waals surface area contributed by atoms with Gasteiger partial charge in [-0.3, -0.25) is 0 Å². The van der Waals surface area contributed by atoms with Crippen molar-refractivity contribution in [2.45, 2.75) is 13.0 Å². The van der Waals surface area contributed by atoms with Gasteiger partial charge in [0.15, 0.2) is 0 Å². The van der Waals surface area contributed by atoms with Gasteiger partial charge in [-0.25, -0.2) is 13.8 Å². The van der Waals surface area contributed by atoms with Gasteiger partial charge in [-0.15, -0.1) is 0 Å². The molecule has 0 atom stereocenters. The van der Waals surface area contributed by atoms with Crippen molar-refractivity contribution in [1.29, 1.82) is 0 Å². The molecule has 0 aliphatic rings. The van der Waals surface area contributed by atoms with E-state index in [1.54, 1.807) is 0 Å². The van der Waals surface area contributed by atoms with Crippen LogP contribution in [0.1, 0.15) is 17.6 Å². The number of alkyl halides is 2. The summed E-state index contributed by atoms with van der Waals surface area (Å²) in [4.78, 5) is 3.75. The van der Waals surface area contributed by atoms with Gasteiger partial charge in [-0.05, 0) is 43.5 Å². The number of rotatable bonds is 2. The van der Waals surface area contributed by atoms with E-state index >= 15 is 0 Å². The summed E-state index contributed by atoms with van der Waals surface area (Å²) in [6.07, 6.45) is -2.64. The maximum Gasteiger partial charge on any atom is 0.266 e. The lowest BCUT2D eigenvalue weighted by atomic mass is 10.1. The van der Waals surface area contributed by atoms with Crippen molar-refractivity contribution in [3.05, 3.63) is 26.4 Å². The highest BCUT2D eigenvalue weighted by atomic mass is 79.9. The van der Waals surface area contributed by atoms with Crippen LogP contribution in [0.4, 0.5) is 8.78 Å². The van der Waals surface area contributed by atoms with Crippen LogP contribution in [0.5, 0.6) is 0 Å². The number of pyridine rings is 1. The zero-order valence-corrected chi connectivity index (χ0v) is 9.44. The Morgan fingerprint density at radius 1 is 1.46 bits per heavy atom. The summed E-state index contributed by atoms with van der Waals surface area (Å²) >= 11 is 5.95. The minimum Gasteiger partial charge on any atom is -0.392 e. The second kappa shape index (κ2) is 4.43. The predicted octanol–water partition coefficient (Wildman–Crippen LogP) is 3.04. The fourth-order valence-electron chi connectivity index (χ4n) is 0.901. The molecule has 0 amide bonds. The van der Waals surface area contributed by atoms with E-state index in [-0.39, 0.29) is 15.7 Å². The Hall–Kier alpha value is -0.0700. The third-order valence-corrected chi connectivity index (χ3v) is 2.47. The number of hydrogen-bond donors (Lipinski definition) is 1. The monoisotopic (exact) mass is 315 g/mol. The van der Waals surface area contributed by atoms with Gasteiger partial charge < -0.3 is 5.11 Å². The molecule has 0 unspecified atom stereocenters. The fraction of sp³-hybridized carbons (Fsp3) is 0.286. The molecule has 0 aliphatic carbocycles. The molecule has 13 heavy (non-hydrogen) atoms. The van der Waals surface area contributed by atoms with Crippen LogP contribution in [0.25, 0.3) is 0 Å². The van der Waals surface area contributed by atoms with Gasteiger partial charge in [0.2, 0.25) is 0 Å². The molecule has 1 aromatic rings. The van der Waals surface area contributed by atoms with Gasteiger partial charge in [0.1, 0.15) is 9.21 Å². The summed E-state index contributed by atoms with van der Waals surface area (Å²) in [5.41, 5.74) is -0.0885. The maximum absolute atomic E-state index is 12.4. The summed E-state index contributed by atoms with van der Waals surface area (Å²) in [5.74, 6) is 0. The average molecular weight is 317 g/mol. The van der Waals surface area contributed by atoms with Gasteiger partial charge in [-0.2, -0.15) is 0 Å². The minimum atomic E-state index is -2.64. The molecule has 1 aromatic heterocycles. The van der Waals surface area contributed by atoms with Crippen molar-refractivity contribution in [2.75, 3.05) is 0 Å². The molecule has 0 saturated carbocycles. The third-order valence-electron chi connectivity index (χ3n) is 1.46. The lowest BCUT2D eigenvalue weighted by Gasteiger charge is -2.08. The van der Waals surface area contributed by atoms with Gasteiger partial charge in [-0.1, -0.05) is 0 Å². The minimum absolute atomic E-state index is 0.0564. The first kappa shape index (κ1) is 11.0. The Labute approximate surface area is 90.2 Å². The van der Waals surface area contributed by atoms with E-state index in [0.29, 0.717) is 4.60 Å². The molecular formula is C7H5Br2F2NO. The Bertz CT molecular complexity index is 320. The number of aromatic nitrogens is 1. The molecule has 0 aliphatic heterocycles. The van der Waals surface area contributed by atoms with Crippen molar-refractivity contribution < 1.29 is 13.9 Å². The summed E-state index contributed by atoms with van der Waals surface area (Å²) in [5, 5.41) is 8.81. The largest absolute Gasteiger partial charge is 0.392 e. The van der Waals surface area contributed by atoms with Crippen LogP contribution in [-0.4, -0.2) is 10.1 Å². The lowest BCUT2D eigenvalue weighted by Crippen LogP contribution is -1.98. The molecule has 0 radical (unpaired) electrons. The van der Waals surface area contributed by atoms with Crippen molar-refractivity contribution in [3.63, 3.8) is 0 Å². The molecule has 72 valence electrons. The SMILES string of the molecule is OCc1cc(Br)nc(Br)c1C(F)F. The highest BCUT2D eigenvalue weighted by Gasteiger charge is 2.18. The summed E-state index contributed by atoms with van der Waals surface area (Å²) < 4.78 is 25.3. The van der Waals surface area contributed by atoms with E-state index in [4.69, 9.17) is 5.11 Å². The fourth-order valence-corrected chi connectivity index (χ4v) is 2.21. The molecule has 6 heteroatoms. The standard InChI is InChI=1S/C7H5Br2F2NO/c8-4-1-3(2-13)5(7(10)11)6(9)12-4/h1,7,13H,2H2. The molecule has 2 nitrogen and oxygen atoms in total. The van der Waals surface area contributed by atoms with E-state index < -0.39 is 13.0 Å². The smallest absolute Gasteiger partial charge is 0.266 e. The Balaban J connectivity index is 3.30. The third kappa shape index (κ3) is 2.45. The summed E-state index contributed by atoms with van der Waals surface area (Å²) in [6, 6.07) is 1.37. The first-order valence-electron chi connectivity index (χ1n) is 3.30. The van der Waals surface area contributed by atoms with E-state index in [9.17, 15) is 8.78 Å². The molecule has 0 bridgehead atoms. The predicted molar refractivity (Wildman–Crippen MR) is 50.5 cm³/mol. The molecular weight excluding hydrogens is 312 g/mol. The first-order valence-corrected chi connectivity index (χ1v) is 4.88. The van der Waals surface area contributed by atoms with Crippen LogP contribution < -0.4 is 0 Å². The highest BCUT2D eigenvalue weighted by Crippen LogP contribution is 2.31. The molecule has 1 rings (SSSR count). The second-order valence-electron chi connectivity index (χ2n) is 2.27. The zero-order chi connectivity index (χ0) is 10.0. The van der Waals surface area contributed by atoms with Crippen LogP contribution in [-0.2, 0) is 6.61 Å². The number of halogens is 4. The second-order valence-corrected chi connectivity index (χ2v) is 3.83. The average Bonchev–Trinajstić information content (AvgIpc) is 2.01. The molecule has 1 N–H and O–H groups in total. The van der Waals surface area contributed by atoms with Crippen LogP contribution in [0, 0.1) is 0 Å². The quantitative estimate of drug-likeness (QED) is 0.851. The van der Waals surface area contributed by atoms with Gasteiger partial charge in [0.25, 0.3) is 6.43 Å². The van der Waals surface area contributed by atoms with E-state index in [0.717, 1.165) is 0 Å². The van der Waals surface area contributed by atoms with E-state index in [1.807, 2.05) is 0 Å². The molecule has 0 fully saturated rings. The Kier molecular flexibility index (Phi) is 3.75. The topological polar surface area (TPSA) is 33.1 Å².